The van der Waals surface area contributed by atoms with Crippen LogP contribution in [0.4, 0.5) is 5.69 Å². The standard InChI is InChI=1S/C27H29Cl2N3O6S/c1-18(27(34)30-2)31(16-19-10-11-20(28)14-23(19)29)26(33)17-32(39(35,36)22-8-6-5-7-9-22)21-12-13-24(37-3)25(15-21)38-4/h5-15,18H,16-17H2,1-4H3,(H,30,34)/t18-/m1/s1. The van der Waals surface area contributed by atoms with Crippen LogP contribution in [0.15, 0.2) is 71.6 Å². The van der Waals surface area contributed by atoms with Gasteiger partial charge in [-0.05, 0) is 48.9 Å². The van der Waals surface area contributed by atoms with Crippen molar-refractivity contribution in [1.29, 1.82) is 0 Å². The van der Waals surface area contributed by atoms with Crippen molar-refractivity contribution in [3.8, 4) is 11.5 Å². The summed E-state index contributed by atoms with van der Waals surface area (Å²) < 4.78 is 39.3. The Morgan fingerprint density at radius 3 is 2.21 bits per heavy atom. The molecule has 1 N–H and O–H groups in total. The van der Waals surface area contributed by atoms with Gasteiger partial charge in [-0.25, -0.2) is 8.42 Å². The van der Waals surface area contributed by atoms with Crippen molar-refractivity contribution in [2.75, 3.05) is 32.1 Å². The van der Waals surface area contributed by atoms with Gasteiger partial charge in [0.2, 0.25) is 11.8 Å². The van der Waals surface area contributed by atoms with Crippen molar-refractivity contribution in [1.82, 2.24) is 10.2 Å². The number of methoxy groups -OCH3 is 2. The monoisotopic (exact) mass is 593 g/mol. The second-order valence-corrected chi connectivity index (χ2v) is 11.1. The number of carbonyl (C=O) groups is 2. The molecule has 3 aromatic carbocycles. The number of hydrogen-bond acceptors (Lipinski definition) is 6. The first-order valence-electron chi connectivity index (χ1n) is 11.8. The number of likely N-dealkylation sites (N-methyl/N-ethyl adjacent to an activating group) is 1. The summed E-state index contributed by atoms with van der Waals surface area (Å²) in [5.41, 5.74) is 0.704. The predicted octanol–water partition coefficient (Wildman–Crippen LogP) is 4.37. The molecule has 0 saturated carbocycles. The molecule has 0 heterocycles. The summed E-state index contributed by atoms with van der Waals surface area (Å²) in [6, 6.07) is 16.1. The smallest absolute Gasteiger partial charge is 0.264 e. The number of nitrogens with zero attached hydrogens (tertiary/aromatic N) is 2. The molecule has 0 aliphatic rings. The number of anilines is 1. The van der Waals surface area contributed by atoms with Gasteiger partial charge < -0.3 is 19.7 Å². The first-order valence-corrected chi connectivity index (χ1v) is 14.0. The summed E-state index contributed by atoms with van der Waals surface area (Å²) in [7, 11) is 0.111. The molecule has 2 amide bonds. The highest BCUT2D eigenvalue weighted by Gasteiger charge is 2.33. The number of halogens is 2. The third-order valence-corrected chi connectivity index (χ3v) is 8.41. The van der Waals surface area contributed by atoms with Crippen LogP contribution in [0.5, 0.6) is 11.5 Å². The van der Waals surface area contributed by atoms with E-state index < -0.39 is 34.4 Å². The topological polar surface area (TPSA) is 105 Å². The molecule has 9 nitrogen and oxygen atoms in total. The minimum atomic E-state index is -4.22. The molecule has 0 bridgehead atoms. The fourth-order valence-corrected chi connectivity index (χ4v) is 5.75. The molecule has 0 aliphatic carbocycles. The number of carbonyl (C=O) groups excluding carboxylic acids is 2. The van der Waals surface area contributed by atoms with Crippen molar-refractivity contribution in [2.24, 2.45) is 0 Å². The van der Waals surface area contributed by atoms with Crippen molar-refractivity contribution >= 4 is 50.7 Å². The lowest BCUT2D eigenvalue weighted by Crippen LogP contribution is -2.50. The van der Waals surface area contributed by atoms with Gasteiger partial charge in [-0.2, -0.15) is 0 Å². The normalized spacial score (nSPS) is 11.8. The van der Waals surface area contributed by atoms with Gasteiger partial charge in [-0.1, -0.05) is 47.5 Å². The first kappa shape index (κ1) is 30.1. The third-order valence-electron chi connectivity index (χ3n) is 6.03. The molecule has 0 unspecified atom stereocenters. The van der Waals surface area contributed by atoms with Crippen LogP contribution in [0, 0.1) is 0 Å². The van der Waals surface area contributed by atoms with E-state index in [0.717, 1.165) is 4.31 Å². The SMILES string of the molecule is CNC(=O)[C@@H](C)N(Cc1ccc(Cl)cc1Cl)C(=O)CN(c1ccc(OC)c(OC)c1)S(=O)(=O)c1ccccc1. The van der Waals surface area contributed by atoms with Crippen LogP contribution in [0.2, 0.25) is 10.0 Å². The maximum absolute atomic E-state index is 13.8. The third kappa shape index (κ3) is 6.95. The zero-order chi connectivity index (χ0) is 28.7. The molecule has 0 saturated heterocycles. The molecule has 3 rings (SSSR count). The van der Waals surface area contributed by atoms with E-state index in [0.29, 0.717) is 21.4 Å². The largest absolute Gasteiger partial charge is 0.493 e. The average molecular weight is 595 g/mol. The zero-order valence-corrected chi connectivity index (χ0v) is 24.2. The fraction of sp³-hybridized carbons (Fsp3) is 0.259. The van der Waals surface area contributed by atoms with Crippen molar-refractivity contribution < 1.29 is 27.5 Å². The van der Waals surface area contributed by atoms with Gasteiger partial charge in [0.05, 0.1) is 24.8 Å². The zero-order valence-electron chi connectivity index (χ0n) is 21.9. The summed E-state index contributed by atoms with van der Waals surface area (Å²) in [5.74, 6) is -0.403. The van der Waals surface area contributed by atoms with E-state index in [1.165, 1.54) is 56.5 Å². The molecule has 0 fully saturated rings. The van der Waals surface area contributed by atoms with Crippen LogP contribution in [0.1, 0.15) is 12.5 Å². The molecule has 0 spiro atoms. The van der Waals surface area contributed by atoms with Gasteiger partial charge in [0.25, 0.3) is 10.0 Å². The van der Waals surface area contributed by atoms with Gasteiger partial charge in [0, 0.05) is 29.7 Å². The van der Waals surface area contributed by atoms with Crippen LogP contribution in [0.3, 0.4) is 0 Å². The quantitative estimate of drug-likeness (QED) is 0.354. The van der Waals surface area contributed by atoms with Crippen LogP contribution >= 0.6 is 23.2 Å². The van der Waals surface area contributed by atoms with Crippen molar-refractivity contribution in [3.63, 3.8) is 0 Å². The molecular formula is C27H29Cl2N3O6S. The summed E-state index contributed by atoms with van der Waals surface area (Å²) in [6.45, 7) is 0.876. The minimum absolute atomic E-state index is 0.0146. The summed E-state index contributed by atoms with van der Waals surface area (Å²) in [6.07, 6.45) is 0. The highest BCUT2D eigenvalue weighted by atomic mass is 35.5. The van der Waals surface area contributed by atoms with E-state index in [-0.39, 0.29) is 22.9 Å². The van der Waals surface area contributed by atoms with E-state index in [4.69, 9.17) is 32.7 Å². The molecule has 0 aliphatic heterocycles. The van der Waals surface area contributed by atoms with Crippen LogP contribution in [0.25, 0.3) is 0 Å². The van der Waals surface area contributed by atoms with E-state index >= 15 is 0 Å². The Balaban J connectivity index is 2.09. The summed E-state index contributed by atoms with van der Waals surface area (Å²) >= 11 is 12.4. The van der Waals surface area contributed by atoms with E-state index in [1.807, 2.05) is 0 Å². The number of amides is 2. The molecule has 39 heavy (non-hydrogen) atoms. The maximum Gasteiger partial charge on any atom is 0.264 e. The second-order valence-electron chi connectivity index (χ2n) is 8.41. The minimum Gasteiger partial charge on any atom is -0.493 e. The number of rotatable bonds is 11. The molecule has 0 aromatic heterocycles. The highest BCUT2D eigenvalue weighted by molar-refractivity contribution is 7.92. The maximum atomic E-state index is 13.8. The predicted molar refractivity (Wildman–Crippen MR) is 151 cm³/mol. The van der Waals surface area contributed by atoms with Gasteiger partial charge in [0.1, 0.15) is 12.6 Å². The fourth-order valence-electron chi connectivity index (χ4n) is 3.85. The van der Waals surface area contributed by atoms with Crippen LogP contribution < -0.4 is 19.1 Å². The molecule has 3 aromatic rings. The Kier molecular flexibility index (Phi) is 10.1. The van der Waals surface area contributed by atoms with Crippen LogP contribution in [-0.2, 0) is 26.2 Å². The van der Waals surface area contributed by atoms with Gasteiger partial charge in [0.15, 0.2) is 11.5 Å². The van der Waals surface area contributed by atoms with Crippen molar-refractivity contribution in [3.05, 3.63) is 82.3 Å². The number of benzene rings is 3. The van der Waals surface area contributed by atoms with Crippen molar-refractivity contribution in [2.45, 2.75) is 24.4 Å². The Labute approximate surface area is 238 Å². The Hall–Kier alpha value is -3.47. The average Bonchev–Trinajstić information content (AvgIpc) is 2.94. The Bertz CT molecular complexity index is 1440. The van der Waals surface area contributed by atoms with E-state index in [1.54, 1.807) is 43.3 Å². The lowest BCUT2D eigenvalue weighted by atomic mass is 10.1. The number of hydrogen-bond donors (Lipinski definition) is 1. The molecule has 208 valence electrons. The molecular weight excluding hydrogens is 565 g/mol. The Morgan fingerprint density at radius 2 is 1.62 bits per heavy atom. The molecule has 0 radical (unpaired) electrons. The van der Waals surface area contributed by atoms with E-state index in [2.05, 4.69) is 5.32 Å². The highest BCUT2D eigenvalue weighted by Crippen LogP contribution is 2.34. The first-order chi connectivity index (χ1) is 18.5. The summed E-state index contributed by atoms with van der Waals surface area (Å²) in [5, 5.41) is 3.24. The lowest BCUT2D eigenvalue weighted by Gasteiger charge is -2.32. The van der Waals surface area contributed by atoms with E-state index in [9.17, 15) is 18.0 Å². The summed E-state index contributed by atoms with van der Waals surface area (Å²) in [4.78, 5) is 27.7. The molecule has 12 heteroatoms. The Morgan fingerprint density at radius 1 is 0.949 bits per heavy atom. The lowest BCUT2D eigenvalue weighted by molar-refractivity contribution is -0.139. The molecule has 1 atom stereocenters. The van der Waals surface area contributed by atoms with Crippen LogP contribution in [-0.4, -0.2) is 59.0 Å². The second kappa shape index (κ2) is 13.1. The van der Waals surface area contributed by atoms with Gasteiger partial charge >= 0.3 is 0 Å². The number of sulfonamides is 1. The van der Waals surface area contributed by atoms with Gasteiger partial charge in [-0.15, -0.1) is 0 Å². The number of nitrogens with one attached hydrogen (secondary N) is 1. The van der Waals surface area contributed by atoms with Gasteiger partial charge in [-0.3, -0.25) is 13.9 Å². The number of ether oxygens (including phenoxy) is 2.